The van der Waals surface area contributed by atoms with Crippen LogP contribution in [0.25, 0.3) is 0 Å². The van der Waals surface area contributed by atoms with Crippen LogP contribution in [0.5, 0.6) is 5.75 Å². The van der Waals surface area contributed by atoms with E-state index < -0.39 is 10.0 Å². The van der Waals surface area contributed by atoms with Gasteiger partial charge >= 0.3 is 0 Å². The molecule has 5 heteroatoms. The Hall–Kier alpha value is -1.07. The fourth-order valence-electron chi connectivity index (χ4n) is 2.12. The van der Waals surface area contributed by atoms with Crippen molar-refractivity contribution in [2.24, 2.45) is 11.1 Å². The Labute approximate surface area is 102 Å². The molecule has 1 aromatic carbocycles. The summed E-state index contributed by atoms with van der Waals surface area (Å²) in [6.45, 7) is 0.717. The zero-order valence-electron chi connectivity index (χ0n) is 9.63. The van der Waals surface area contributed by atoms with Crippen LogP contribution in [0.15, 0.2) is 29.2 Å². The molecule has 0 aromatic heterocycles. The second kappa shape index (κ2) is 5.06. The first-order chi connectivity index (χ1) is 8.05. The average molecular weight is 255 g/mol. The molecule has 0 amide bonds. The van der Waals surface area contributed by atoms with Crippen molar-refractivity contribution >= 4 is 10.0 Å². The van der Waals surface area contributed by atoms with Crippen molar-refractivity contribution in [3.63, 3.8) is 0 Å². The fraction of sp³-hybridized carbons (Fsp3) is 0.500. The SMILES string of the molecule is NS(=O)(=O)c1ccc(OCC2CCCC2)cc1. The average Bonchev–Trinajstić information content (AvgIpc) is 2.78. The van der Waals surface area contributed by atoms with E-state index in [1.807, 2.05) is 0 Å². The van der Waals surface area contributed by atoms with E-state index in [0.717, 1.165) is 0 Å². The molecule has 0 saturated heterocycles. The highest BCUT2D eigenvalue weighted by atomic mass is 32.2. The molecule has 1 aliphatic rings. The van der Waals surface area contributed by atoms with Crippen LogP contribution in [0.4, 0.5) is 0 Å². The molecule has 0 spiro atoms. The van der Waals surface area contributed by atoms with Gasteiger partial charge in [-0.2, -0.15) is 0 Å². The topological polar surface area (TPSA) is 69.4 Å². The predicted molar refractivity (Wildman–Crippen MR) is 65.3 cm³/mol. The molecule has 2 rings (SSSR count). The van der Waals surface area contributed by atoms with Gasteiger partial charge in [0.15, 0.2) is 0 Å². The van der Waals surface area contributed by atoms with Crippen molar-refractivity contribution in [2.45, 2.75) is 30.6 Å². The number of nitrogens with two attached hydrogens (primary N) is 1. The molecule has 94 valence electrons. The van der Waals surface area contributed by atoms with Crippen molar-refractivity contribution < 1.29 is 13.2 Å². The molecule has 0 radical (unpaired) electrons. The number of rotatable bonds is 4. The van der Waals surface area contributed by atoms with Gasteiger partial charge in [0.25, 0.3) is 0 Å². The van der Waals surface area contributed by atoms with Gasteiger partial charge in [0.2, 0.25) is 10.0 Å². The van der Waals surface area contributed by atoms with Gasteiger partial charge in [0, 0.05) is 0 Å². The molecule has 4 nitrogen and oxygen atoms in total. The molecule has 0 bridgehead atoms. The molecule has 0 unspecified atom stereocenters. The molecule has 17 heavy (non-hydrogen) atoms. The highest BCUT2D eigenvalue weighted by Gasteiger charge is 2.15. The summed E-state index contributed by atoms with van der Waals surface area (Å²) in [5.74, 6) is 1.34. The first-order valence-electron chi connectivity index (χ1n) is 5.81. The van der Waals surface area contributed by atoms with Crippen molar-refractivity contribution in [1.29, 1.82) is 0 Å². The maximum absolute atomic E-state index is 11.0. The largest absolute Gasteiger partial charge is 0.493 e. The summed E-state index contributed by atoms with van der Waals surface area (Å²) >= 11 is 0. The zero-order chi connectivity index (χ0) is 12.3. The normalized spacial score (nSPS) is 17.2. The summed E-state index contributed by atoms with van der Waals surface area (Å²) in [5.41, 5.74) is 0. The van der Waals surface area contributed by atoms with Crippen molar-refractivity contribution in [1.82, 2.24) is 0 Å². The molecule has 0 atom stereocenters. The first kappa shape index (κ1) is 12.4. The first-order valence-corrected chi connectivity index (χ1v) is 7.36. The van der Waals surface area contributed by atoms with Crippen LogP contribution in [0.2, 0.25) is 0 Å². The number of primary sulfonamides is 1. The second-order valence-corrected chi connectivity index (χ2v) is 6.04. The predicted octanol–water partition coefficient (Wildman–Crippen LogP) is 1.90. The second-order valence-electron chi connectivity index (χ2n) is 4.48. The van der Waals surface area contributed by atoms with E-state index in [0.29, 0.717) is 18.3 Å². The van der Waals surface area contributed by atoms with E-state index in [2.05, 4.69) is 0 Å². The van der Waals surface area contributed by atoms with Crippen LogP contribution in [-0.2, 0) is 10.0 Å². The molecule has 0 heterocycles. The molecule has 1 fully saturated rings. The van der Waals surface area contributed by atoms with Crippen LogP contribution < -0.4 is 9.88 Å². The molecule has 1 saturated carbocycles. The number of hydrogen-bond donors (Lipinski definition) is 1. The van der Waals surface area contributed by atoms with E-state index in [4.69, 9.17) is 9.88 Å². The third kappa shape index (κ3) is 3.44. The molecule has 1 aromatic rings. The van der Waals surface area contributed by atoms with Crippen LogP contribution in [-0.4, -0.2) is 15.0 Å². The zero-order valence-corrected chi connectivity index (χ0v) is 10.4. The van der Waals surface area contributed by atoms with E-state index in [1.165, 1.54) is 37.8 Å². The third-order valence-electron chi connectivity index (χ3n) is 3.11. The van der Waals surface area contributed by atoms with E-state index in [1.54, 1.807) is 12.1 Å². The van der Waals surface area contributed by atoms with Gasteiger partial charge in [-0.05, 0) is 43.0 Å². The number of hydrogen-bond acceptors (Lipinski definition) is 3. The Morgan fingerprint density at radius 2 is 1.76 bits per heavy atom. The van der Waals surface area contributed by atoms with Crippen molar-refractivity contribution in [2.75, 3.05) is 6.61 Å². The van der Waals surface area contributed by atoms with Gasteiger partial charge in [-0.3, -0.25) is 0 Å². The summed E-state index contributed by atoms with van der Waals surface area (Å²) in [7, 11) is -3.61. The maximum atomic E-state index is 11.0. The summed E-state index contributed by atoms with van der Waals surface area (Å²) in [6, 6.07) is 6.24. The minimum atomic E-state index is -3.61. The van der Waals surface area contributed by atoms with Gasteiger partial charge in [0.1, 0.15) is 5.75 Å². The molecule has 0 aliphatic heterocycles. The van der Waals surface area contributed by atoms with E-state index in [-0.39, 0.29) is 4.90 Å². The molecule has 2 N–H and O–H groups in total. The monoisotopic (exact) mass is 255 g/mol. The van der Waals surface area contributed by atoms with Crippen LogP contribution >= 0.6 is 0 Å². The Kier molecular flexibility index (Phi) is 3.69. The minimum absolute atomic E-state index is 0.116. The van der Waals surface area contributed by atoms with Gasteiger partial charge in [-0.15, -0.1) is 0 Å². The highest BCUT2D eigenvalue weighted by Crippen LogP contribution is 2.25. The Morgan fingerprint density at radius 1 is 1.18 bits per heavy atom. The van der Waals surface area contributed by atoms with Crippen LogP contribution in [0, 0.1) is 5.92 Å². The lowest BCUT2D eigenvalue weighted by atomic mass is 10.1. The summed E-state index contributed by atoms with van der Waals surface area (Å²) in [4.78, 5) is 0.116. The van der Waals surface area contributed by atoms with Crippen molar-refractivity contribution in [3.8, 4) is 5.75 Å². The Balaban J connectivity index is 1.94. The smallest absolute Gasteiger partial charge is 0.238 e. The molecular formula is C12H17NO3S. The van der Waals surface area contributed by atoms with Gasteiger partial charge in [-0.1, -0.05) is 12.8 Å². The van der Waals surface area contributed by atoms with E-state index in [9.17, 15) is 8.42 Å². The van der Waals surface area contributed by atoms with Gasteiger partial charge in [-0.25, -0.2) is 13.6 Å². The lowest BCUT2D eigenvalue weighted by Crippen LogP contribution is -2.12. The number of ether oxygens (including phenoxy) is 1. The van der Waals surface area contributed by atoms with Crippen LogP contribution in [0.3, 0.4) is 0 Å². The minimum Gasteiger partial charge on any atom is -0.493 e. The van der Waals surface area contributed by atoms with Crippen LogP contribution in [0.1, 0.15) is 25.7 Å². The lowest BCUT2D eigenvalue weighted by Gasteiger charge is -2.11. The molecular weight excluding hydrogens is 238 g/mol. The number of sulfonamides is 1. The summed E-state index contributed by atoms with van der Waals surface area (Å²) in [5, 5.41) is 5.01. The Bertz CT molecular complexity index is 461. The summed E-state index contributed by atoms with van der Waals surface area (Å²) in [6.07, 6.45) is 5.04. The quantitative estimate of drug-likeness (QED) is 0.893. The lowest BCUT2D eigenvalue weighted by molar-refractivity contribution is 0.252. The molecule has 1 aliphatic carbocycles. The standard InChI is InChI=1S/C12H17NO3S/c13-17(14,15)12-7-5-11(6-8-12)16-9-10-3-1-2-4-10/h5-8,10H,1-4,9H2,(H2,13,14,15). The van der Waals surface area contributed by atoms with Gasteiger partial charge < -0.3 is 4.74 Å². The fourth-order valence-corrected chi connectivity index (χ4v) is 2.63. The van der Waals surface area contributed by atoms with Crippen molar-refractivity contribution in [3.05, 3.63) is 24.3 Å². The highest BCUT2D eigenvalue weighted by molar-refractivity contribution is 7.89. The third-order valence-corrected chi connectivity index (χ3v) is 4.04. The van der Waals surface area contributed by atoms with E-state index >= 15 is 0 Å². The van der Waals surface area contributed by atoms with Gasteiger partial charge in [0.05, 0.1) is 11.5 Å². The Morgan fingerprint density at radius 3 is 2.29 bits per heavy atom. The maximum Gasteiger partial charge on any atom is 0.238 e. The number of benzene rings is 1. The summed E-state index contributed by atoms with van der Waals surface area (Å²) < 4.78 is 27.7.